The van der Waals surface area contributed by atoms with Gasteiger partial charge in [0.2, 0.25) is 11.8 Å². The molecule has 1 aromatic carbocycles. The van der Waals surface area contributed by atoms with E-state index in [-0.39, 0.29) is 12.3 Å². The number of aromatic nitrogens is 3. The van der Waals surface area contributed by atoms with E-state index in [9.17, 15) is 4.79 Å². The molecular weight excluding hydrogens is 563 g/mol. The summed E-state index contributed by atoms with van der Waals surface area (Å²) in [5, 5.41) is 10.2. The quantitative estimate of drug-likeness (QED) is 0.383. The van der Waals surface area contributed by atoms with Crippen LogP contribution in [0.4, 0.5) is 5.95 Å². The summed E-state index contributed by atoms with van der Waals surface area (Å²) in [5.41, 5.74) is 2.54. The number of piperidine rings is 3. The van der Waals surface area contributed by atoms with Crippen molar-refractivity contribution >= 4 is 35.1 Å². The van der Waals surface area contributed by atoms with Crippen molar-refractivity contribution < 1.29 is 14.6 Å². The largest absolute Gasteiger partial charge is 0.481 e. The average molecular weight is 596 g/mol. The van der Waals surface area contributed by atoms with Gasteiger partial charge >= 0.3 is 5.97 Å². The van der Waals surface area contributed by atoms with Crippen LogP contribution in [0.3, 0.4) is 0 Å². The number of benzene rings is 1. The molecule has 7 rings (SSSR count). The molecule has 41 heavy (non-hydrogen) atoms. The third-order valence-electron chi connectivity index (χ3n) is 9.13. The molecule has 1 aliphatic carbocycles. The Bertz CT molecular complexity index is 1440. The number of rotatable bonds is 8. The summed E-state index contributed by atoms with van der Waals surface area (Å²) < 4.78 is 6.21. The summed E-state index contributed by atoms with van der Waals surface area (Å²) in [5.74, 6) is 2.73. The molecule has 3 aromatic rings. The number of halogens is 2. The second kappa shape index (κ2) is 10.7. The predicted octanol–water partition coefficient (Wildman–Crippen LogP) is 5.07. The number of hydrogen-bond acceptors (Lipinski definition) is 8. The molecule has 0 spiro atoms. The van der Waals surface area contributed by atoms with E-state index in [2.05, 4.69) is 31.7 Å². The first kappa shape index (κ1) is 26.9. The number of pyridine rings is 1. The highest BCUT2D eigenvalue weighted by Crippen LogP contribution is 2.57. The summed E-state index contributed by atoms with van der Waals surface area (Å²) in [7, 11) is 2.21. The Morgan fingerprint density at radius 2 is 1.78 bits per heavy atom. The molecule has 2 aromatic heterocycles. The molecule has 5 heterocycles. The lowest BCUT2D eigenvalue weighted by Gasteiger charge is -2.31. The van der Waals surface area contributed by atoms with Gasteiger partial charge < -0.3 is 19.6 Å². The summed E-state index contributed by atoms with van der Waals surface area (Å²) in [6.45, 7) is 4.54. The molecule has 3 aliphatic heterocycles. The fourth-order valence-corrected chi connectivity index (χ4v) is 7.69. The second-order valence-corrected chi connectivity index (χ2v) is 12.8. The Hall–Kier alpha value is -2.98. The van der Waals surface area contributed by atoms with Gasteiger partial charge in [-0.25, -0.2) is 15.0 Å². The van der Waals surface area contributed by atoms with Crippen LogP contribution in [0, 0.1) is 17.8 Å². The zero-order chi connectivity index (χ0) is 28.2. The number of nitrogens with zero attached hydrogens (tertiary/aromatic N) is 6. The van der Waals surface area contributed by atoms with E-state index in [4.69, 9.17) is 38.0 Å². The number of fused-ring (bicyclic) bond motifs is 1. The van der Waals surface area contributed by atoms with Gasteiger partial charge in [0.1, 0.15) is 0 Å². The van der Waals surface area contributed by atoms with Crippen molar-refractivity contribution in [1.29, 1.82) is 0 Å². The van der Waals surface area contributed by atoms with E-state index in [1.807, 2.05) is 24.3 Å². The Balaban J connectivity index is 1.10. The molecular formula is C30H32Cl2N6O3. The van der Waals surface area contributed by atoms with Gasteiger partial charge in [0.25, 0.3) is 0 Å². The van der Waals surface area contributed by atoms with Crippen molar-refractivity contribution in [3.63, 3.8) is 0 Å². The first-order valence-electron chi connectivity index (χ1n) is 14.2. The number of carbonyl (C=O) groups is 1. The number of hydrogen-bond donors (Lipinski definition) is 1. The molecule has 214 valence electrons. The topological polar surface area (TPSA) is 94.9 Å². The third kappa shape index (κ3) is 5.48. The van der Waals surface area contributed by atoms with E-state index < -0.39 is 5.97 Å². The minimum atomic E-state index is -0.724. The molecule has 4 atom stereocenters. The standard InChI is InChI=1S/C30H32Cl2N6O3/c1-36-15-23-28-25(36)16-38(29(23)28)30-33-12-22(13-34-30)41-26-7-18(14-37-4-2-17(3-5-37)8-27(39)40)6-24(35-26)19-9-20(31)11-21(32)10-19/h6-7,9-13,17,23,25,28-29H,2-5,8,14-16H2,1H3,(H,39,40). The molecule has 9 nitrogen and oxygen atoms in total. The molecule has 0 radical (unpaired) electrons. The van der Waals surface area contributed by atoms with Crippen LogP contribution in [-0.2, 0) is 11.3 Å². The maximum absolute atomic E-state index is 11.1. The predicted molar refractivity (Wildman–Crippen MR) is 157 cm³/mol. The Morgan fingerprint density at radius 1 is 1.05 bits per heavy atom. The van der Waals surface area contributed by atoms with Crippen LogP contribution in [0.25, 0.3) is 11.3 Å². The highest BCUT2D eigenvalue weighted by molar-refractivity contribution is 6.35. The number of carboxylic acid groups (broad SMARTS) is 1. The van der Waals surface area contributed by atoms with Crippen molar-refractivity contribution in [1.82, 2.24) is 24.8 Å². The average Bonchev–Trinajstić information content (AvgIpc) is 3.36. The minimum Gasteiger partial charge on any atom is -0.481 e. The zero-order valence-corrected chi connectivity index (χ0v) is 24.3. The maximum Gasteiger partial charge on any atom is 0.303 e. The van der Waals surface area contributed by atoms with Crippen molar-refractivity contribution in [2.45, 2.75) is 37.9 Å². The number of carboxylic acids is 1. The lowest BCUT2D eigenvalue weighted by molar-refractivity contribution is -0.138. The number of aliphatic carboxylic acids is 1. The van der Waals surface area contributed by atoms with Crippen LogP contribution in [0.1, 0.15) is 24.8 Å². The fraction of sp³-hybridized carbons (Fsp3) is 0.467. The smallest absolute Gasteiger partial charge is 0.303 e. The molecule has 1 N–H and O–H groups in total. The third-order valence-corrected chi connectivity index (χ3v) is 9.57. The van der Waals surface area contributed by atoms with Crippen LogP contribution in [0.15, 0.2) is 42.7 Å². The van der Waals surface area contributed by atoms with Crippen molar-refractivity contribution in [3.8, 4) is 22.9 Å². The van der Waals surface area contributed by atoms with Gasteiger partial charge in [0, 0.05) is 65.7 Å². The Labute approximate surface area is 249 Å². The second-order valence-electron chi connectivity index (χ2n) is 11.9. The van der Waals surface area contributed by atoms with Crippen LogP contribution in [-0.4, -0.2) is 81.1 Å². The number of anilines is 1. The Morgan fingerprint density at radius 3 is 2.44 bits per heavy atom. The van der Waals surface area contributed by atoms with Gasteiger partial charge in [-0.3, -0.25) is 9.69 Å². The van der Waals surface area contributed by atoms with Crippen molar-refractivity contribution in [3.05, 3.63) is 58.3 Å². The molecule has 3 saturated heterocycles. The molecule has 4 aliphatic rings. The maximum atomic E-state index is 11.1. The first-order chi connectivity index (χ1) is 19.8. The van der Waals surface area contributed by atoms with Gasteiger partial charge in [0.15, 0.2) is 5.75 Å². The van der Waals surface area contributed by atoms with Crippen molar-refractivity contribution in [2.75, 3.05) is 38.1 Å². The summed E-state index contributed by atoms with van der Waals surface area (Å²) in [6.07, 6.45) is 5.43. The first-order valence-corrected chi connectivity index (χ1v) is 14.9. The van der Waals surface area contributed by atoms with E-state index in [1.54, 1.807) is 18.5 Å². The molecule has 0 amide bonds. The van der Waals surface area contributed by atoms with Crippen molar-refractivity contribution in [2.24, 2.45) is 17.8 Å². The minimum absolute atomic E-state index is 0.231. The number of ether oxygens (including phenoxy) is 1. The summed E-state index contributed by atoms with van der Waals surface area (Å²) >= 11 is 12.6. The van der Waals surface area contributed by atoms with Crippen LogP contribution >= 0.6 is 23.2 Å². The normalized spacial score (nSPS) is 25.9. The number of likely N-dealkylation sites (tertiary alicyclic amines) is 2. The van der Waals surface area contributed by atoms with E-state index in [1.165, 1.54) is 6.54 Å². The van der Waals surface area contributed by atoms with E-state index in [0.29, 0.717) is 46.0 Å². The highest BCUT2D eigenvalue weighted by atomic mass is 35.5. The lowest BCUT2D eigenvalue weighted by atomic mass is 9.93. The molecule has 0 bridgehead atoms. The monoisotopic (exact) mass is 594 g/mol. The van der Waals surface area contributed by atoms with Gasteiger partial charge in [-0.1, -0.05) is 23.2 Å². The summed E-state index contributed by atoms with van der Waals surface area (Å²) in [4.78, 5) is 32.4. The molecule has 4 fully saturated rings. The molecule has 11 heteroatoms. The molecule has 4 unspecified atom stereocenters. The highest BCUT2D eigenvalue weighted by Gasteiger charge is 2.68. The van der Waals surface area contributed by atoms with Gasteiger partial charge in [-0.05, 0) is 74.6 Å². The lowest BCUT2D eigenvalue weighted by Crippen LogP contribution is -2.33. The van der Waals surface area contributed by atoms with E-state index in [0.717, 1.165) is 61.4 Å². The molecule has 1 saturated carbocycles. The Kier molecular flexibility index (Phi) is 7.01. The zero-order valence-electron chi connectivity index (χ0n) is 22.8. The fourth-order valence-electron chi connectivity index (χ4n) is 7.16. The summed E-state index contributed by atoms with van der Waals surface area (Å²) in [6, 6.07) is 10.5. The van der Waals surface area contributed by atoms with Crippen LogP contribution < -0.4 is 9.64 Å². The van der Waals surface area contributed by atoms with Crippen LogP contribution in [0.2, 0.25) is 10.0 Å². The van der Waals surface area contributed by atoms with Gasteiger partial charge in [-0.2, -0.15) is 0 Å². The van der Waals surface area contributed by atoms with Gasteiger partial charge in [0.05, 0.1) is 18.1 Å². The van der Waals surface area contributed by atoms with Crippen LogP contribution in [0.5, 0.6) is 11.6 Å². The SMILES string of the molecule is CN1CC2C3C1CN(c1ncc(Oc4cc(CN5CCC(CC(=O)O)CC5)cc(-c5cc(Cl)cc(Cl)c5)n4)cn1)C23. The van der Waals surface area contributed by atoms with E-state index >= 15 is 0 Å². The van der Waals surface area contributed by atoms with Gasteiger partial charge in [-0.15, -0.1) is 0 Å². The number of likely N-dealkylation sites (N-methyl/N-ethyl adjacent to an activating group) is 1.